The number of carbonyl (C=O) groups excluding carboxylic acids is 2. The lowest BCUT2D eigenvalue weighted by molar-refractivity contribution is -0.159. The van der Waals surface area contributed by atoms with Gasteiger partial charge in [0.05, 0.1) is 11.5 Å². The number of aliphatic hydroxyl groups excluding tert-OH is 2. The molecule has 2 bridgehead atoms. The van der Waals surface area contributed by atoms with E-state index in [0.717, 1.165) is 56.2 Å². The molecule has 7 fully saturated rings. The van der Waals surface area contributed by atoms with Crippen LogP contribution in [0.3, 0.4) is 0 Å². The molecule has 0 radical (unpaired) electrons. The molecule has 9 rings (SSSR count). The highest BCUT2D eigenvalue weighted by atomic mass is 16.3. The van der Waals surface area contributed by atoms with E-state index < -0.39 is 18.1 Å². The maximum absolute atomic E-state index is 13.9. The minimum Gasteiger partial charge on any atom is -0.393 e. The van der Waals surface area contributed by atoms with Gasteiger partial charge in [0.2, 0.25) is 0 Å². The van der Waals surface area contributed by atoms with Crippen LogP contribution in [-0.4, -0.2) is 58.0 Å². The van der Waals surface area contributed by atoms with E-state index in [1.165, 1.54) is 30.4 Å². The van der Waals surface area contributed by atoms with Gasteiger partial charge in [0, 0.05) is 36.5 Å². The third-order valence-electron chi connectivity index (χ3n) is 14.3. The summed E-state index contributed by atoms with van der Waals surface area (Å²) in [6, 6.07) is 9.09. The van der Waals surface area contributed by atoms with Gasteiger partial charge in [-0.1, -0.05) is 49.8 Å². The summed E-state index contributed by atoms with van der Waals surface area (Å²) < 4.78 is 0. The second kappa shape index (κ2) is 9.45. The number of ketones is 2. The van der Waals surface area contributed by atoms with Crippen molar-refractivity contribution < 1.29 is 19.8 Å². The van der Waals surface area contributed by atoms with E-state index in [2.05, 4.69) is 49.1 Å². The molecule has 9 atom stereocenters. The van der Waals surface area contributed by atoms with Gasteiger partial charge in [-0.3, -0.25) is 14.5 Å². The number of carbonyl (C=O) groups is 2. The first-order valence-corrected chi connectivity index (χ1v) is 16.8. The number of likely N-dealkylation sites (tertiary alicyclic amines) is 1. The highest BCUT2D eigenvalue weighted by molar-refractivity contribution is 6.01. The zero-order valence-electron chi connectivity index (χ0n) is 25.8. The first-order valence-electron chi connectivity index (χ1n) is 16.8. The van der Waals surface area contributed by atoms with Crippen LogP contribution in [0, 0.1) is 51.8 Å². The molecule has 0 amide bonds. The minimum absolute atomic E-state index is 0.0376. The van der Waals surface area contributed by atoms with Crippen molar-refractivity contribution >= 4 is 11.6 Å². The lowest BCUT2D eigenvalue weighted by Gasteiger charge is -2.60. The van der Waals surface area contributed by atoms with Crippen molar-refractivity contribution in [2.24, 2.45) is 57.5 Å². The molecule has 8 aliphatic rings. The fraction of sp³-hybridized carbons (Fsp3) is 0.676. The first kappa shape index (κ1) is 28.4. The molecule has 6 saturated carbocycles. The Balaban J connectivity index is 1.02. The summed E-state index contributed by atoms with van der Waals surface area (Å²) in [5.74, 6) is 2.39. The molecule has 1 aromatic carbocycles. The molecule has 1 aliphatic heterocycles. The summed E-state index contributed by atoms with van der Waals surface area (Å²) in [5.41, 5.74) is 9.05. The average molecular weight is 585 g/mol. The lowest BCUT2D eigenvalue weighted by Crippen LogP contribution is -2.60. The van der Waals surface area contributed by atoms with Crippen molar-refractivity contribution in [3.05, 3.63) is 59.2 Å². The molecule has 1 saturated heterocycles. The Morgan fingerprint density at radius 1 is 1.09 bits per heavy atom. The maximum atomic E-state index is 13.9. The molecule has 0 aromatic heterocycles. The zero-order valence-corrected chi connectivity index (χ0v) is 25.8. The quantitative estimate of drug-likeness (QED) is 0.463. The summed E-state index contributed by atoms with van der Waals surface area (Å²) in [6.45, 7) is 6.33. The smallest absolute Gasteiger partial charge is 0.178 e. The van der Waals surface area contributed by atoms with Crippen molar-refractivity contribution in [1.82, 2.24) is 4.90 Å². The average Bonchev–Trinajstić information content (AvgIpc) is 3.64. The lowest BCUT2D eigenvalue weighted by atomic mass is 9.44. The van der Waals surface area contributed by atoms with Crippen molar-refractivity contribution in [2.75, 3.05) is 19.7 Å². The number of hydrogen-bond acceptors (Lipinski definition) is 6. The molecule has 7 aliphatic carbocycles. The number of fused-ring (bicyclic) bond motifs is 8. The summed E-state index contributed by atoms with van der Waals surface area (Å²) >= 11 is 0. The SMILES string of the molecule is C[C@]12C=CC(=O)C=C1CC[C@@H]1[C@@H]2[C@@H](O)C[C@@]2(C)[C@H]1C[C@H]1CN(Cc3ccc(C[C@H]4CC5(N)CC4C5)cc3)C[C@]12C(=O)CO. The van der Waals surface area contributed by atoms with E-state index in [0.29, 0.717) is 24.8 Å². The van der Waals surface area contributed by atoms with Crippen molar-refractivity contribution in [3.8, 4) is 0 Å². The Bertz CT molecular complexity index is 1410. The number of hydrogen-bond donors (Lipinski definition) is 3. The number of aliphatic hydroxyl groups is 2. The Morgan fingerprint density at radius 2 is 1.84 bits per heavy atom. The van der Waals surface area contributed by atoms with Crippen LogP contribution < -0.4 is 5.73 Å². The Kier molecular flexibility index (Phi) is 6.23. The van der Waals surface area contributed by atoms with Gasteiger partial charge in [0.25, 0.3) is 0 Å². The Labute approximate surface area is 255 Å². The van der Waals surface area contributed by atoms with Gasteiger partial charge in [0.15, 0.2) is 11.6 Å². The largest absolute Gasteiger partial charge is 0.393 e. The van der Waals surface area contributed by atoms with Crippen LogP contribution in [0.15, 0.2) is 48.1 Å². The van der Waals surface area contributed by atoms with Crippen molar-refractivity contribution in [2.45, 2.75) is 83.4 Å². The number of Topliss-reactive ketones (excluding diaryl/α,β-unsaturated/α-hetero) is 1. The van der Waals surface area contributed by atoms with E-state index in [1.807, 2.05) is 0 Å². The van der Waals surface area contributed by atoms with E-state index in [9.17, 15) is 19.8 Å². The predicted molar refractivity (Wildman–Crippen MR) is 165 cm³/mol. The number of nitrogens with two attached hydrogens (primary N) is 1. The number of rotatable bonds is 6. The van der Waals surface area contributed by atoms with Gasteiger partial charge < -0.3 is 15.9 Å². The summed E-state index contributed by atoms with van der Waals surface area (Å²) in [4.78, 5) is 28.5. The van der Waals surface area contributed by atoms with Crippen molar-refractivity contribution in [3.63, 3.8) is 0 Å². The molecule has 6 heteroatoms. The topological polar surface area (TPSA) is 104 Å². The van der Waals surface area contributed by atoms with Gasteiger partial charge in [0.1, 0.15) is 6.61 Å². The molecule has 6 nitrogen and oxygen atoms in total. The van der Waals surface area contributed by atoms with Crippen LogP contribution in [0.2, 0.25) is 0 Å². The van der Waals surface area contributed by atoms with E-state index >= 15 is 0 Å². The molecule has 0 unspecified atom stereocenters. The van der Waals surface area contributed by atoms with Crippen LogP contribution in [0.1, 0.15) is 69.9 Å². The number of nitrogens with zero attached hydrogens (tertiary/aromatic N) is 1. The zero-order chi connectivity index (χ0) is 29.9. The second-order valence-electron chi connectivity index (χ2n) is 16.4. The van der Waals surface area contributed by atoms with Gasteiger partial charge in [-0.05, 0) is 110 Å². The fourth-order valence-corrected chi connectivity index (χ4v) is 12.5. The van der Waals surface area contributed by atoms with Crippen LogP contribution in [0.5, 0.6) is 0 Å². The van der Waals surface area contributed by atoms with Crippen LogP contribution in [-0.2, 0) is 22.6 Å². The number of allylic oxidation sites excluding steroid dienone is 4. The molecule has 1 aromatic rings. The van der Waals surface area contributed by atoms with Gasteiger partial charge >= 0.3 is 0 Å². The van der Waals surface area contributed by atoms with Crippen LogP contribution >= 0.6 is 0 Å². The number of benzene rings is 1. The molecule has 1 heterocycles. The molecule has 0 spiro atoms. The highest BCUT2D eigenvalue weighted by Crippen LogP contribution is 2.72. The summed E-state index contributed by atoms with van der Waals surface area (Å²) in [5, 5.41) is 22.2. The summed E-state index contributed by atoms with van der Waals surface area (Å²) in [7, 11) is 0. The predicted octanol–water partition coefficient (Wildman–Crippen LogP) is 4.22. The highest BCUT2D eigenvalue weighted by Gasteiger charge is 2.73. The molecular formula is C37H48N2O4. The molecule has 43 heavy (non-hydrogen) atoms. The van der Waals surface area contributed by atoms with Gasteiger partial charge in [-0.2, -0.15) is 0 Å². The molecule has 4 N–H and O–H groups in total. The van der Waals surface area contributed by atoms with Crippen LogP contribution in [0.25, 0.3) is 0 Å². The third kappa shape index (κ3) is 3.92. The Hall–Kier alpha value is -2.12. The summed E-state index contributed by atoms with van der Waals surface area (Å²) in [6.07, 6.45) is 13.0. The monoisotopic (exact) mass is 584 g/mol. The normalized spacial score (nSPS) is 47.8. The van der Waals surface area contributed by atoms with Crippen molar-refractivity contribution in [1.29, 1.82) is 0 Å². The second-order valence-corrected chi connectivity index (χ2v) is 16.4. The standard InChI is InChI=1S/C37H48N2O4/c1-34-10-9-28(41)12-26(34)7-8-29-30-13-27-19-39(21-37(27,32(43)20-40)35(30,2)17-31(42)33(29)34)18-23-5-3-22(4-6-23)11-24-14-36(38)15-25(24)16-36/h3-6,9-10,12,24-25,27,29-31,33,40,42H,7-8,11,13-21,38H2,1-2H3/t24-,25?,27-,29-,30-,31-,33+,34-,35-,36?,37+/m0/s1. The van der Waals surface area contributed by atoms with E-state index in [1.54, 1.807) is 12.2 Å². The van der Waals surface area contributed by atoms with Gasteiger partial charge in [-0.15, -0.1) is 0 Å². The first-order chi connectivity index (χ1) is 20.5. The molecule has 230 valence electrons. The molecular weight excluding hydrogens is 536 g/mol. The Morgan fingerprint density at radius 3 is 2.53 bits per heavy atom. The van der Waals surface area contributed by atoms with E-state index in [-0.39, 0.29) is 39.8 Å². The fourth-order valence-electron chi connectivity index (χ4n) is 12.5. The maximum Gasteiger partial charge on any atom is 0.178 e. The van der Waals surface area contributed by atoms with Gasteiger partial charge in [-0.25, -0.2) is 0 Å². The third-order valence-corrected chi connectivity index (χ3v) is 14.3. The van der Waals surface area contributed by atoms with Crippen LogP contribution in [0.4, 0.5) is 0 Å². The minimum atomic E-state index is -0.644. The van der Waals surface area contributed by atoms with E-state index in [4.69, 9.17) is 5.73 Å².